The minimum Gasteiger partial charge on any atom is -0.429 e. The van der Waals surface area contributed by atoms with E-state index in [2.05, 4.69) is 24.5 Å². The summed E-state index contributed by atoms with van der Waals surface area (Å²) in [5.74, 6) is 0.709. The number of thiol groups is 1. The van der Waals surface area contributed by atoms with E-state index in [-0.39, 0.29) is 0 Å². The molecule has 1 aromatic heterocycles. The second-order valence-corrected chi connectivity index (χ2v) is 2.59. The first-order chi connectivity index (χ1) is 6.33. The van der Waals surface area contributed by atoms with Crippen LogP contribution in [0.2, 0.25) is 0 Å². The Balaban J connectivity index is 3.19. The van der Waals surface area contributed by atoms with E-state index in [0.717, 1.165) is 11.1 Å². The highest BCUT2D eigenvalue weighted by atomic mass is 32.1. The number of hydrogen-bond acceptors (Lipinski definition) is 3. The molecule has 0 amide bonds. The molecule has 13 heavy (non-hydrogen) atoms. The van der Waals surface area contributed by atoms with Crippen molar-refractivity contribution in [2.75, 3.05) is 0 Å². The topological polar surface area (TPSA) is 22.1 Å². The molecule has 1 heterocycles. The molecule has 0 spiro atoms. The molecule has 0 aliphatic carbocycles. The van der Waals surface area contributed by atoms with Gasteiger partial charge in [-0.1, -0.05) is 12.7 Å². The molecule has 0 radical (unpaired) electrons. The Bertz CT molecular complexity index is 333. The number of allylic oxidation sites excluding steroid dienone is 1. The van der Waals surface area contributed by atoms with Gasteiger partial charge in [-0.3, -0.25) is 4.98 Å². The summed E-state index contributed by atoms with van der Waals surface area (Å²) in [5.41, 5.74) is 1.88. The van der Waals surface area contributed by atoms with Crippen molar-refractivity contribution in [2.24, 2.45) is 0 Å². The number of pyridine rings is 1. The third-order valence-corrected chi connectivity index (χ3v) is 1.89. The van der Waals surface area contributed by atoms with Crippen LogP contribution in [0.4, 0.5) is 0 Å². The second kappa shape index (κ2) is 4.72. The van der Waals surface area contributed by atoms with Crippen LogP contribution in [0.5, 0.6) is 0 Å². The Morgan fingerprint density at radius 3 is 3.00 bits per heavy atom. The average molecular weight is 193 g/mol. The van der Waals surface area contributed by atoms with Crippen LogP contribution in [0.25, 0.3) is 11.8 Å². The van der Waals surface area contributed by atoms with Gasteiger partial charge >= 0.3 is 0 Å². The Kier molecular flexibility index (Phi) is 3.58. The van der Waals surface area contributed by atoms with E-state index in [4.69, 9.17) is 4.18 Å². The lowest BCUT2D eigenvalue weighted by Crippen LogP contribution is -1.89. The zero-order chi connectivity index (χ0) is 9.68. The lowest BCUT2D eigenvalue weighted by Gasteiger charge is -2.06. The fourth-order valence-corrected chi connectivity index (χ4v) is 1.25. The first-order valence-electron chi connectivity index (χ1n) is 3.88. The van der Waals surface area contributed by atoms with Crippen LogP contribution in [0.1, 0.15) is 18.1 Å². The van der Waals surface area contributed by atoms with Crippen LogP contribution in [-0.4, -0.2) is 4.98 Å². The minimum atomic E-state index is 0.709. The maximum atomic E-state index is 4.91. The van der Waals surface area contributed by atoms with Gasteiger partial charge in [0.25, 0.3) is 0 Å². The van der Waals surface area contributed by atoms with Gasteiger partial charge in [-0.2, -0.15) is 0 Å². The van der Waals surface area contributed by atoms with Crippen LogP contribution in [-0.2, 0) is 4.18 Å². The van der Waals surface area contributed by atoms with Crippen molar-refractivity contribution >= 4 is 24.7 Å². The van der Waals surface area contributed by atoms with Gasteiger partial charge in [0.1, 0.15) is 5.76 Å². The summed E-state index contributed by atoms with van der Waals surface area (Å²) in [7, 11) is 0. The van der Waals surface area contributed by atoms with Crippen molar-refractivity contribution in [3.63, 3.8) is 0 Å². The van der Waals surface area contributed by atoms with Gasteiger partial charge in [0.2, 0.25) is 0 Å². The molecule has 0 N–H and O–H groups in total. The van der Waals surface area contributed by atoms with E-state index in [1.165, 1.54) is 0 Å². The maximum absolute atomic E-state index is 4.91. The number of rotatable bonds is 3. The zero-order valence-electron chi connectivity index (χ0n) is 7.40. The van der Waals surface area contributed by atoms with Crippen LogP contribution in [0.3, 0.4) is 0 Å². The fraction of sp³-hybridized carbons (Fsp3) is 0.100. The fourth-order valence-electron chi connectivity index (χ4n) is 1.05. The van der Waals surface area contributed by atoms with Crippen LogP contribution in [0.15, 0.2) is 31.1 Å². The largest absolute Gasteiger partial charge is 0.429 e. The monoisotopic (exact) mass is 193 g/mol. The van der Waals surface area contributed by atoms with Crippen molar-refractivity contribution in [3.05, 3.63) is 42.2 Å². The molecule has 0 unspecified atom stereocenters. The molecule has 1 rings (SSSR count). The van der Waals surface area contributed by atoms with Gasteiger partial charge < -0.3 is 4.18 Å². The third-order valence-electron chi connectivity index (χ3n) is 1.70. The van der Waals surface area contributed by atoms with Crippen molar-refractivity contribution < 1.29 is 4.18 Å². The number of nitrogens with zero attached hydrogens (tertiary/aromatic N) is 1. The van der Waals surface area contributed by atoms with Gasteiger partial charge in [0, 0.05) is 36.4 Å². The van der Waals surface area contributed by atoms with Crippen LogP contribution >= 0.6 is 12.9 Å². The van der Waals surface area contributed by atoms with E-state index in [1.54, 1.807) is 18.5 Å². The summed E-state index contributed by atoms with van der Waals surface area (Å²) >= 11 is 3.77. The molecule has 0 saturated heterocycles. The summed E-state index contributed by atoms with van der Waals surface area (Å²) in [6.07, 6.45) is 7.02. The summed E-state index contributed by atoms with van der Waals surface area (Å²) in [6.45, 7) is 5.58. The molecule has 0 saturated carbocycles. The van der Waals surface area contributed by atoms with Gasteiger partial charge in [-0.05, 0) is 19.1 Å². The van der Waals surface area contributed by atoms with Crippen molar-refractivity contribution in [1.29, 1.82) is 0 Å². The van der Waals surface area contributed by atoms with E-state index in [0.29, 0.717) is 5.76 Å². The molecule has 0 fully saturated rings. The van der Waals surface area contributed by atoms with Gasteiger partial charge in [-0.15, -0.1) is 0 Å². The lowest BCUT2D eigenvalue weighted by molar-refractivity contribution is 0.614. The molecule has 68 valence electrons. The van der Waals surface area contributed by atoms with Crippen molar-refractivity contribution in [3.8, 4) is 0 Å². The predicted molar refractivity (Wildman–Crippen MR) is 58.1 cm³/mol. The average Bonchev–Trinajstić information content (AvgIpc) is 2.20. The molecule has 2 nitrogen and oxygen atoms in total. The lowest BCUT2D eigenvalue weighted by atomic mass is 10.1. The highest BCUT2D eigenvalue weighted by Gasteiger charge is 2.04. The van der Waals surface area contributed by atoms with Crippen LogP contribution in [0, 0.1) is 0 Å². The Hall–Kier alpha value is -1.22. The SMILES string of the molecule is C=Cc1cnccc1/C(=C\C)OS. The molecule has 0 aliphatic rings. The van der Waals surface area contributed by atoms with E-state index in [1.807, 2.05) is 19.1 Å². The molecule has 0 bridgehead atoms. The Morgan fingerprint density at radius 2 is 2.46 bits per heavy atom. The predicted octanol–water partition coefficient (Wildman–Crippen LogP) is 2.95. The highest BCUT2D eigenvalue weighted by Crippen LogP contribution is 2.21. The Morgan fingerprint density at radius 1 is 1.69 bits per heavy atom. The zero-order valence-corrected chi connectivity index (χ0v) is 8.29. The highest BCUT2D eigenvalue weighted by molar-refractivity contribution is 7.75. The summed E-state index contributed by atoms with van der Waals surface area (Å²) in [4.78, 5) is 3.99. The first kappa shape index (κ1) is 9.86. The molecular formula is C10H11NOS. The Labute approximate surface area is 83.6 Å². The number of aromatic nitrogens is 1. The number of hydrogen-bond donors (Lipinski definition) is 1. The molecule has 0 atom stereocenters. The maximum Gasteiger partial charge on any atom is 0.140 e. The summed E-state index contributed by atoms with van der Waals surface area (Å²) in [6, 6.07) is 1.86. The molecule has 1 aromatic rings. The first-order valence-corrected chi connectivity index (χ1v) is 4.24. The van der Waals surface area contributed by atoms with E-state index >= 15 is 0 Å². The molecule has 0 aliphatic heterocycles. The standard InChI is InChI=1S/C10H11NOS/c1-3-8-7-11-6-5-9(8)10(4-2)12-13/h3-7,13H,1H2,2H3/b10-4+. The van der Waals surface area contributed by atoms with Crippen molar-refractivity contribution in [2.45, 2.75) is 6.92 Å². The van der Waals surface area contributed by atoms with Gasteiger partial charge in [0.05, 0.1) is 0 Å². The van der Waals surface area contributed by atoms with Gasteiger partial charge in [0.15, 0.2) is 0 Å². The molecule has 3 heteroatoms. The molecule has 0 aromatic carbocycles. The smallest absolute Gasteiger partial charge is 0.140 e. The minimum absolute atomic E-state index is 0.709. The normalized spacial score (nSPS) is 11.1. The summed E-state index contributed by atoms with van der Waals surface area (Å²) in [5, 5.41) is 0. The van der Waals surface area contributed by atoms with Crippen molar-refractivity contribution in [1.82, 2.24) is 4.98 Å². The summed E-state index contributed by atoms with van der Waals surface area (Å²) < 4.78 is 4.91. The van der Waals surface area contributed by atoms with E-state index < -0.39 is 0 Å². The quantitative estimate of drug-likeness (QED) is 0.453. The van der Waals surface area contributed by atoms with Gasteiger partial charge in [-0.25, -0.2) is 0 Å². The second-order valence-electron chi connectivity index (χ2n) is 2.41. The van der Waals surface area contributed by atoms with E-state index in [9.17, 15) is 0 Å². The van der Waals surface area contributed by atoms with Crippen LogP contribution < -0.4 is 0 Å². The molecular weight excluding hydrogens is 182 g/mol. The third kappa shape index (κ3) is 2.12.